The summed E-state index contributed by atoms with van der Waals surface area (Å²) in [5, 5.41) is 8.95. The highest BCUT2D eigenvalue weighted by molar-refractivity contribution is 5.77. The van der Waals surface area contributed by atoms with E-state index >= 15 is 0 Å². The largest absolute Gasteiger partial charge is 0.480 e. The summed E-state index contributed by atoms with van der Waals surface area (Å²) in [5.74, 6) is -0.902. The first-order chi connectivity index (χ1) is 8.35. The summed E-state index contributed by atoms with van der Waals surface area (Å²) in [6.07, 6.45) is 5.17. The van der Waals surface area contributed by atoms with Gasteiger partial charge in [0.05, 0.1) is 0 Å². The SMILES string of the molecule is CCC1(CC)CCN(CCCC(C)(N)C(=O)O)C1. The average molecular weight is 256 g/mol. The van der Waals surface area contributed by atoms with E-state index in [-0.39, 0.29) is 0 Å². The molecule has 1 heterocycles. The van der Waals surface area contributed by atoms with Crippen molar-refractivity contribution in [1.29, 1.82) is 0 Å². The first-order valence-corrected chi connectivity index (χ1v) is 7.10. The van der Waals surface area contributed by atoms with Crippen molar-refractivity contribution in [2.75, 3.05) is 19.6 Å². The molecule has 0 spiro atoms. The van der Waals surface area contributed by atoms with Gasteiger partial charge in [-0.3, -0.25) is 4.79 Å². The molecule has 0 bridgehead atoms. The maximum Gasteiger partial charge on any atom is 0.323 e. The van der Waals surface area contributed by atoms with Crippen LogP contribution in [0.25, 0.3) is 0 Å². The van der Waals surface area contributed by atoms with E-state index in [0.717, 1.165) is 26.1 Å². The lowest BCUT2D eigenvalue weighted by Crippen LogP contribution is -2.45. The lowest BCUT2D eigenvalue weighted by molar-refractivity contribution is -0.142. The Bertz CT molecular complexity index is 286. The van der Waals surface area contributed by atoms with Gasteiger partial charge in [-0.2, -0.15) is 0 Å². The summed E-state index contributed by atoms with van der Waals surface area (Å²) in [5.41, 5.74) is 5.15. The van der Waals surface area contributed by atoms with E-state index in [1.54, 1.807) is 6.92 Å². The fraction of sp³-hybridized carbons (Fsp3) is 0.929. The molecule has 1 saturated heterocycles. The van der Waals surface area contributed by atoms with Gasteiger partial charge in [-0.1, -0.05) is 13.8 Å². The molecule has 1 unspecified atom stereocenters. The third-order valence-electron chi connectivity index (χ3n) is 4.68. The zero-order valence-electron chi connectivity index (χ0n) is 12.0. The molecule has 1 atom stereocenters. The van der Waals surface area contributed by atoms with Crippen LogP contribution < -0.4 is 5.73 Å². The number of carbonyl (C=O) groups is 1. The standard InChI is InChI=1S/C14H28N2O2/c1-4-14(5-2)8-10-16(11-14)9-6-7-13(3,15)12(17)18/h4-11,15H2,1-3H3,(H,17,18). The van der Waals surface area contributed by atoms with Gasteiger partial charge in [-0.05, 0) is 57.5 Å². The molecule has 0 aromatic rings. The van der Waals surface area contributed by atoms with Crippen LogP contribution in [0.15, 0.2) is 0 Å². The fourth-order valence-electron chi connectivity index (χ4n) is 2.82. The maximum absolute atomic E-state index is 10.9. The fourth-order valence-corrected chi connectivity index (χ4v) is 2.82. The molecular weight excluding hydrogens is 228 g/mol. The second kappa shape index (κ2) is 6.02. The van der Waals surface area contributed by atoms with Crippen LogP contribution in [0.5, 0.6) is 0 Å². The summed E-state index contributed by atoms with van der Waals surface area (Å²) in [7, 11) is 0. The lowest BCUT2D eigenvalue weighted by atomic mass is 9.82. The molecule has 0 aromatic heterocycles. The van der Waals surface area contributed by atoms with Crippen LogP contribution in [0.1, 0.15) is 52.9 Å². The summed E-state index contributed by atoms with van der Waals surface area (Å²) in [6.45, 7) is 9.43. The Morgan fingerprint density at radius 1 is 1.44 bits per heavy atom. The van der Waals surface area contributed by atoms with Gasteiger partial charge in [0.25, 0.3) is 0 Å². The Hall–Kier alpha value is -0.610. The molecule has 0 saturated carbocycles. The van der Waals surface area contributed by atoms with Crippen molar-refractivity contribution in [1.82, 2.24) is 4.90 Å². The zero-order valence-corrected chi connectivity index (χ0v) is 12.0. The Balaban J connectivity index is 2.32. The molecule has 4 heteroatoms. The van der Waals surface area contributed by atoms with E-state index in [1.807, 2.05) is 0 Å². The monoisotopic (exact) mass is 256 g/mol. The van der Waals surface area contributed by atoms with Crippen LogP contribution in [0.4, 0.5) is 0 Å². The van der Waals surface area contributed by atoms with Crippen LogP contribution in [-0.4, -0.2) is 41.1 Å². The Labute approximate surface area is 111 Å². The second-order valence-electron chi connectivity index (χ2n) is 6.06. The predicted octanol–water partition coefficient (Wildman–Crippen LogP) is 2.08. The van der Waals surface area contributed by atoms with E-state index in [9.17, 15) is 4.79 Å². The molecular formula is C14H28N2O2. The molecule has 1 aliphatic rings. The summed E-state index contributed by atoms with van der Waals surface area (Å²) >= 11 is 0. The molecule has 106 valence electrons. The van der Waals surface area contributed by atoms with Crippen molar-refractivity contribution in [3.05, 3.63) is 0 Å². The van der Waals surface area contributed by atoms with Gasteiger partial charge in [0, 0.05) is 6.54 Å². The summed E-state index contributed by atoms with van der Waals surface area (Å²) in [4.78, 5) is 13.4. The van der Waals surface area contributed by atoms with E-state index in [2.05, 4.69) is 18.7 Å². The highest BCUT2D eigenvalue weighted by Gasteiger charge is 2.35. The minimum absolute atomic E-state index is 0.499. The van der Waals surface area contributed by atoms with Gasteiger partial charge in [-0.15, -0.1) is 0 Å². The third kappa shape index (κ3) is 3.69. The molecule has 0 aromatic carbocycles. The number of nitrogens with two attached hydrogens (primary N) is 1. The van der Waals surface area contributed by atoms with Crippen molar-refractivity contribution >= 4 is 5.97 Å². The summed E-state index contributed by atoms with van der Waals surface area (Å²) < 4.78 is 0. The molecule has 18 heavy (non-hydrogen) atoms. The number of rotatable bonds is 7. The molecule has 1 fully saturated rings. The number of carboxylic acids is 1. The minimum Gasteiger partial charge on any atom is -0.480 e. The van der Waals surface area contributed by atoms with E-state index in [0.29, 0.717) is 11.8 Å². The number of likely N-dealkylation sites (tertiary alicyclic amines) is 1. The predicted molar refractivity (Wildman–Crippen MR) is 73.5 cm³/mol. The molecule has 3 N–H and O–H groups in total. The highest BCUT2D eigenvalue weighted by Crippen LogP contribution is 2.36. The molecule has 0 radical (unpaired) electrons. The van der Waals surface area contributed by atoms with Gasteiger partial charge >= 0.3 is 5.97 Å². The zero-order chi connectivity index (χ0) is 13.8. The topological polar surface area (TPSA) is 66.6 Å². The van der Waals surface area contributed by atoms with Crippen molar-refractivity contribution in [3.8, 4) is 0 Å². The number of aliphatic carboxylic acids is 1. The van der Waals surface area contributed by atoms with Crippen molar-refractivity contribution < 1.29 is 9.90 Å². The molecule has 0 aliphatic carbocycles. The van der Waals surface area contributed by atoms with Crippen molar-refractivity contribution in [3.63, 3.8) is 0 Å². The van der Waals surface area contributed by atoms with E-state index < -0.39 is 11.5 Å². The van der Waals surface area contributed by atoms with Gasteiger partial charge in [0.1, 0.15) is 5.54 Å². The normalized spacial score (nSPS) is 22.9. The van der Waals surface area contributed by atoms with E-state index in [1.165, 1.54) is 19.3 Å². The molecule has 1 aliphatic heterocycles. The molecule has 0 amide bonds. The number of hydrogen-bond acceptors (Lipinski definition) is 3. The molecule has 4 nitrogen and oxygen atoms in total. The van der Waals surface area contributed by atoms with Crippen molar-refractivity contribution in [2.24, 2.45) is 11.1 Å². The van der Waals surface area contributed by atoms with Gasteiger partial charge in [0.15, 0.2) is 0 Å². The van der Waals surface area contributed by atoms with Crippen molar-refractivity contribution in [2.45, 2.75) is 58.4 Å². The van der Waals surface area contributed by atoms with Crippen LogP contribution in [0.3, 0.4) is 0 Å². The second-order valence-corrected chi connectivity index (χ2v) is 6.06. The Morgan fingerprint density at radius 2 is 2.06 bits per heavy atom. The number of nitrogens with zero attached hydrogens (tertiary/aromatic N) is 1. The first-order valence-electron chi connectivity index (χ1n) is 7.10. The van der Waals surface area contributed by atoms with E-state index in [4.69, 9.17) is 10.8 Å². The third-order valence-corrected chi connectivity index (χ3v) is 4.68. The maximum atomic E-state index is 10.9. The summed E-state index contributed by atoms with van der Waals surface area (Å²) in [6, 6.07) is 0. The van der Waals surface area contributed by atoms with Crippen LogP contribution >= 0.6 is 0 Å². The molecule has 1 rings (SSSR count). The van der Waals surface area contributed by atoms with Gasteiger partial charge < -0.3 is 15.7 Å². The quantitative estimate of drug-likeness (QED) is 0.732. The smallest absolute Gasteiger partial charge is 0.323 e. The average Bonchev–Trinajstić information content (AvgIpc) is 2.73. The Morgan fingerprint density at radius 3 is 2.50 bits per heavy atom. The number of carboxylic acid groups (broad SMARTS) is 1. The number of hydrogen-bond donors (Lipinski definition) is 2. The minimum atomic E-state index is -1.08. The van der Waals surface area contributed by atoms with Crippen LogP contribution in [0, 0.1) is 5.41 Å². The van der Waals surface area contributed by atoms with Crippen LogP contribution in [-0.2, 0) is 4.79 Å². The van der Waals surface area contributed by atoms with Gasteiger partial charge in [-0.25, -0.2) is 0 Å². The lowest BCUT2D eigenvalue weighted by Gasteiger charge is -2.27. The Kier molecular flexibility index (Phi) is 5.17. The van der Waals surface area contributed by atoms with Gasteiger partial charge in [0.2, 0.25) is 0 Å². The van der Waals surface area contributed by atoms with Crippen LogP contribution in [0.2, 0.25) is 0 Å². The highest BCUT2D eigenvalue weighted by atomic mass is 16.4. The first kappa shape index (κ1) is 15.4.